The lowest BCUT2D eigenvalue weighted by Crippen LogP contribution is -2.46. The number of benzene rings is 1. The van der Waals surface area contributed by atoms with E-state index in [1.54, 1.807) is 0 Å². The van der Waals surface area contributed by atoms with Crippen molar-refractivity contribution in [1.29, 1.82) is 5.26 Å². The van der Waals surface area contributed by atoms with Crippen LogP contribution in [0.1, 0.15) is 18.4 Å². The Hall–Kier alpha value is -1.51. The monoisotopic (exact) mass is 266 g/mol. The zero-order valence-electron chi connectivity index (χ0n) is 10.5. The summed E-state index contributed by atoms with van der Waals surface area (Å²) in [5, 5.41) is 12.7. The summed E-state index contributed by atoms with van der Waals surface area (Å²) < 4.78 is 29.3. The maximum absolute atomic E-state index is 12.2. The molecule has 0 aliphatic heterocycles. The molecule has 5 heteroatoms. The van der Waals surface area contributed by atoms with Gasteiger partial charge >= 0.3 is 0 Å². The highest BCUT2D eigenvalue weighted by Gasteiger charge is 2.38. The summed E-state index contributed by atoms with van der Waals surface area (Å²) in [5.41, 5.74) is -0.296. The fourth-order valence-electron chi connectivity index (χ4n) is 1.94. The van der Waals surface area contributed by atoms with Crippen molar-refractivity contribution in [3.05, 3.63) is 35.9 Å². The molecule has 1 N–H and O–H groups in total. The van der Waals surface area contributed by atoms with Crippen LogP contribution in [0.15, 0.2) is 30.3 Å². The van der Waals surface area contributed by atoms with E-state index in [0.29, 0.717) is 0 Å². The second-order valence-corrected chi connectivity index (χ2v) is 4.71. The van der Waals surface area contributed by atoms with Gasteiger partial charge < -0.3 is 4.74 Å². The Morgan fingerprint density at radius 2 is 2.05 bits per heavy atom. The SMILES string of the molecule is N#CC(COCC(F)F)(NC1CC1)c1ccccc1. The fraction of sp³-hybridized carbons (Fsp3) is 0.500. The van der Waals surface area contributed by atoms with Crippen LogP contribution in [0.2, 0.25) is 0 Å². The maximum Gasteiger partial charge on any atom is 0.261 e. The molecule has 102 valence electrons. The summed E-state index contributed by atoms with van der Waals surface area (Å²) in [4.78, 5) is 0. The van der Waals surface area contributed by atoms with Crippen LogP contribution in [0.3, 0.4) is 0 Å². The molecule has 0 spiro atoms. The standard InChI is InChI=1S/C14H16F2N2O/c15-13(16)8-19-10-14(9-17,18-12-6-7-12)11-4-2-1-3-5-11/h1-5,12-13,18H,6-8,10H2. The summed E-state index contributed by atoms with van der Waals surface area (Å²) in [7, 11) is 0. The predicted octanol–water partition coefficient (Wildman–Crippen LogP) is 2.44. The molecule has 3 nitrogen and oxygen atoms in total. The molecule has 1 aliphatic rings. The van der Waals surface area contributed by atoms with E-state index in [4.69, 9.17) is 4.74 Å². The second-order valence-electron chi connectivity index (χ2n) is 4.71. The molecule has 1 aliphatic carbocycles. The molecule has 0 amide bonds. The van der Waals surface area contributed by atoms with Gasteiger partial charge in [-0.05, 0) is 18.4 Å². The molecule has 0 bridgehead atoms. The van der Waals surface area contributed by atoms with E-state index in [0.717, 1.165) is 18.4 Å². The topological polar surface area (TPSA) is 45.0 Å². The van der Waals surface area contributed by atoms with Crippen LogP contribution >= 0.6 is 0 Å². The molecule has 2 rings (SSSR count). The van der Waals surface area contributed by atoms with Gasteiger partial charge in [0, 0.05) is 6.04 Å². The number of hydrogen-bond acceptors (Lipinski definition) is 3. The van der Waals surface area contributed by atoms with Crippen molar-refractivity contribution >= 4 is 0 Å². The van der Waals surface area contributed by atoms with Gasteiger partial charge in [0.15, 0.2) is 5.54 Å². The molecule has 1 unspecified atom stereocenters. The zero-order valence-corrected chi connectivity index (χ0v) is 10.5. The van der Waals surface area contributed by atoms with E-state index in [9.17, 15) is 14.0 Å². The number of halogens is 2. The number of nitrogens with zero attached hydrogens (tertiary/aromatic N) is 1. The minimum Gasteiger partial charge on any atom is -0.372 e. The Morgan fingerprint density at radius 3 is 2.58 bits per heavy atom. The van der Waals surface area contributed by atoms with Crippen molar-refractivity contribution < 1.29 is 13.5 Å². The van der Waals surface area contributed by atoms with Gasteiger partial charge in [-0.15, -0.1) is 0 Å². The van der Waals surface area contributed by atoms with Crippen molar-refractivity contribution in [2.45, 2.75) is 30.8 Å². The largest absolute Gasteiger partial charge is 0.372 e. The third-order valence-corrected chi connectivity index (χ3v) is 3.05. The lowest BCUT2D eigenvalue weighted by Gasteiger charge is -2.28. The van der Waals surface area contributed by atoms with Gasteiger partial charge in [-0.25, -0.2) is 8.78 Å². The zero-order chi connectivity index (χ0) is 13.7. The van der Waals surface area contributed by atoms with E-state index in [1.807, 2.05) is 30.3 Å². The van der Waals surface area contributed by atoms with Crippen LogP contribution < -0.4 is 5.32 Å². The highest BCUT2D eigenvalue weighted by Crippen LogP contribution is 2.28. The van der Waals surface area contributed by atoms with E-state index < -0.39 is 18.6 Å². The van der Waals surface area contributed by atoms with Gasteiger partial charge in [-0.2, -0.15) is 5.26 Å². The Labute approximate surface area is 111 Å². The van der Waals surface area contributed by atoms with E-state index in [2.05, 4.69) is 11.4 Å². The average Bonchev–Trinajstić information content (AvgIpc) is 3.22. The highest BCUT2D eigenvalue weighted by atomic mass is 19.3. The van der Waals surface area contributed by atoms with Crippen LogP contribution in [0.4, 0.5) is 8.78 Å². The molecule has 0 saturated heterocycles. The molecular weight excluding hydrogens is 250 g/mol. The summed E-state index contributed by atoms with van der Waals surface area (Å²) in [6.45, 7) is -0.725. The van der Waals surface area contributed by atoms with Gasteiger partial charge in [0.1, 0.15) is 6.61 Å². The fourth-order valence-corrected chi connectivity index (χ4v) is 1.94. The minimum atomic E-state index is -2.52. The van der Waals surface area contributed by atoms with Crippen molar-refractivity contribution in [1.82, 2.24) is 5.32 Å². The molecule has 0 aromatic heterocycles. The van der Waals surface area contributed by atoms with Gasteiger partial charge in [0.05, 0.1) is 12.7 Å². The van der Waals surface area contributed by atoms with E-state index in [1.165, 1.54) is 0 Å². The molecule has 0 radical (unpaired) electrons. The molecule has 19 heavy (non-hydrogen) atoms. The van der Waals surface area contributed by atoms with Crippen LogP contribution in [-0.2, 0) is 10.3 Å². The molecular formula is C14H16F2N2O. The Balaban J connectivity index is 2.13. The first-order chi connectivity index (χ1) is 9.16. The predicted molar refractivity (Wildman–Crippen MR) is 66.7 cm³/mol. The Kier molecular flexibility index (Phi) is 4.46. The quantitative estimate of drug-likeness (QED) is 0.824. The van der Waals surface area contributed by atoms with Crippen molar-refractivity contribution in [3.63, 3.8) is 0 Å². The molecule has 1 aromatic carbocycles. The first-order valence-corrected chi connectivity index (χ1v) is 6.27. The number of nitriles is 1. The van der Waals surface area contributed by atoms with E-state index in [-0.39, 0.29) is 12.6 Å². The van der Waals surface area contributed by atoms with Crippen molar-refractivity contribution in [3.8, 4) is 6.07 Å². The number of nitrogens with one attached hydrogen (secondary N) is 1. The third-order valence-electron chi connectivity index (χ3n) is 3.05. The third kappa shape index (κ3) is 3.72. The van der Waals surface area contributed by atoms with Crippen LogP contribution in [-0.4, -0.2) is 25.7 Å². The Bertz CT molecular complexity index is 443. The van der Waals surface area contributed by atoms with Crippen molar-refractivity contribution in [2.24, 2.45) is 0 Å². The Morgan fingerprint density at radius 1 is 1.37 bits per heavy atom. The molecule has 1 aromatic rings. The van der Waals surface area contributed by atoms with Crippen molar-refractivity contribution in [2.75, 3.05) is 13.2 Å². The van der Waals surface area contributed by atoms with Gasteiger partial charge in [0.2, 0.25) is 0 Å². The summed E-state index contributed by atoms with van der Waals surface area (Å²) >= 11 is 0. The second kappa shape index (κ2) is 6.09. The van der Waals surface area contributed by atoms with Gasteiger partial charge in [-0.1, -0.05) is 30.3 Å². The van der Waals surface area contributed by atoms with Gasteiger partial charge in [0.25, 0.3) is 6.43 Å². The highest BCUT2D eigenvalue weighted by molar-refractivity contribution is 5.32. The minimum absolute atomic E-state index is 0.0750. The van der Waals surface area contributed by atoms with Crippen LogP contribution in [0, 0.1) is 11.3 Å². The first-order valence-electron chi connectivity index (χ1n) is 6.27. The number of hydrogen-bond donors (Lipinski definition) is 1. The molecule has 0 heterocycles. The molecule has 1 atom stereocenters. The number of alkyl halides is 2. The molecule has 1 saturated carbocycles. The molecule has 1 fully saturated rings. The van der Waals surface area contributed by atoms with Crippen LogP contribution in [0.25, 0.3) is 0 Å². The first kappa shape index (κ1) is 13.9. The average molecular weight is 266 g/mol. The van der Waals surface area contributed by atoms with E-state index >= 15 is 0 Å². The smallest absolute Gasteiger partial charge is 0.261 e. The summed E-state index contributed by atoms with van der Waals surface area (Å²) in [5.74, 6) is 0. The summed E-state index contributed by atoms with van der Waals surface area (Å²) in [6.07, 6.45) is -0.510. The van der Waals surface area contributed by atoms with Gasteiger partial charge in [-0.3, -0.25) is 5.32 Å². The number of ether oxygens (including phenoxy) is 1. The normalized spacial score (nSPS) is 18.0. The summed E-state index contributed by atoms with van der Waals surface area (Å²) in [6, 6.07) is 11.6. The number of rotatable bonds is 7. The lowest BCUT2D eigenvalue weighted by atomic mass is 9.92. The lowest BCUT2D eigenvalue weighted by molar-refractivity contribution is -0.000400. The maximum atomic E-state index is 12.2. The van der Waals surface area contributed by atoms with Crippen LogP contribution in [0.5, 0.6) is 0 Å².